The van der Waals surface area contributed by atoms with Crippen LogP contribution >= 0.6 is 11.3 Å². The standard InChI is InChI=1S/C21H19N7O4S/c1-11-7-15(27-8-12(9-27)19(30)24-14-3-2-4-23-26-14)25-18-16(11)17(29)13(20(31)32)10-28(18)21-22-5-6-33-21/h2-7,10,12,19,30H,8-9H2,1H3,(H,24,26)(H,31,32). The van der Waals surface area contributed by atoms with E-state index in [2.05, 4.69) is 20.5 Å². The van der Waals surface area contributed by atoms with Crippen LogP contribution in [-0.2, 0) is 0 Å². The summed E-state index contributed by atoms with van der Waals surface area (Å²) in [5.41, 5.74) is 0.0521. The van der Waals surface area contributed by atoms with Crippen LogP contribution in [0.25, 0.3) is 16.2 Å². The lowest BCUT2D eigenvalue weighted by Gasteiger charge is -2.42. The summed E-state index contributed by atoms with van der Waals surface area (Å²) in [6, 6.07) is 5.22. The predicted molar refractivity (Wildman–Crippen MR) is 122 cm³/mol. The first kappa shape index (κ1) is 21.0. The summed E-state index contributed by atoms with van der Waals surface area (Å²) < 4.78 is 1.54. The third-order valence-electron chi connectivity index (χ3n) is 5.55. The molecule has 0 aromatic carbocycles. The average molecular weight is 465 g/mol. The highest BCUT2D eigenvalue weighted by atomic mass is 32.1. The van der Waals surface area contributed by atoms with E-state index >= 15 is 0 Å². The molecule has 1 unspecified atom stereocenters. The first-order chi connectivity index (χ1) is 15.9. The minimum absolute atomic E-state index is 0.0552. The summed E-state index contributed by atoms with van der Waals surface area (Å²) in [6.45, 7) is 2.84. The van der Waals surface area contributed by atoms with Gasteiger partial charge in [-0.3, -0.25) is 9.36 Å². The van der Waals surface area contributed by atoms with Crippen LogP contribution in [0.15, 0.2) is 47.0 Å². The third kappa shape index (κ3) is 3.79. The van der Waals surface area contributed by atoms with Crippen molar-refractivity contribution in [2.24, 2.45) is 5.92 Å². The van der Waals surface area contributed by atoms with Crippen molar-refractivity contribution >= 4 is 40.0 Å². The summed E-state index contributed by atoms with van der Waals surface area (Å²) in [6.07, 6.45) is 3.63. The van der Waals surface area contributed by atoms with E-state index in [9.17, 15) is 19.8 Å². The predicted octanol–water partition coefficient (Wildman–Crippen LogP) is 1.51. The Bertz CT molecular complexity index is 1390. The molecule has 12 heteroatoms. The Labute approximate surface area is 191 Å². The highest BCUT2D eigenvalue weighted by Gasteiger charge is 2.34. The number of aryl methyl sites for hydroxylation is 1. The van der Waals surface area contributed by atoms with E-state index in [1.165, 1.54) is 17.5 Å². The SMILES string of the molecule is Cc1cc(N2CC(C(O)Nc3cccnn3)C2)nc2c1c(=O)c(C(=O)O)cn2-c1nccs1. The van der Waals surface area contributed by atoms with Gasteiger partial charge in [-0.25, -0.2) is 14.8 Å². The molecule has 0 bridgehead atoms. The van der Waals surface area contributed by atoms with Gasteiger partial charge in [0.25, 0.3) is 0 Å². The summed E-state index contributed by atoms with van der Waals surface area (Å²) in [4.78, 5) is 35.5. The lowest BCUT2D eigenvalue weighted by Crippen LogP contribution is -2.54. The van der Waals surface area contributed by atoms with E-state index in [1.807, 2.05) is 4.90 Å². The van der Waals surface area contributed by atoms with Crippen molar-refractivity contribution in [2.75, 3.05) is 23.3 Å². The van der Waals surface area contributed by atoms with Crippen LogP contribution in [0.2, 0.25) is 0 Å². The number of aromatic nitrogens is 5. The highest BCUT2D eigenvalue weighted by Crippen LogP contribution is 2.29. The zero-order chi connectivity index (χ0) is 23.1. The molecule has 4 aromatic heterocycles. The largest absolute Gasteiger partial charge is 0.477 e. The number of carboxylic acids is 1. The normalized spacial score (nSPS) is 14.8. The number of pyridine rings is 2. The van der Waals surface area contributed by atoms with Crippen molar-refractivity contribution in [3.05, 3.63) is 63.5 Å². The monoisotopic (exact) mass is 465 g/mol. The van der Waals surface area contributed by atoms with Gasteiger partial charge in [-0.2, -0.15) is 5.10 Å². The number of nitrogens with zero attached hydrogens (tertiary/aromatic N) is 6. The molecule has 11 nitrogen and oxygen atoms in total. The van der Waals surface area contributed by atoms with E-state index in [4.69, 9.17) is 4.98 Å². The number of anilines is 2. The third-order valence-corrected chi connectivity index (χ3v) is 6.32. The number of carboxylic acid groups (broad SMARTS) is 1. The lowest BCUT2D eigenvalue weighted by molar-refractivity contribution is 0.0695. The smallest absolute Gasteiger partial charge is 0.341 e. The first-order valence-electron chi connectivity index (χ1n) is 10.1. The molecule has 3 N–H and O–H groups in total. The number of fused-ring (bicyclic) bond motifs is 1. The van der Waals surface area contributed by atoms with Crippen LogP contribution in [-0.4, -0.2) is 60.2 Å². The van der Waals surface area contributed by atoms with Gasteiger partial charge < -0.3 is 20.4 Å². The van der Waals surface area contributed by atoms with E-state index in [-0.39, 0.29) is 16.9 Å². The summed E-state index contributed by atoms with van der Waals surface area (Å²) >= 11 is 1.31. The van der Waals surface area contributed by atoms with E-state index < -0.39 is 17.6 Å². The van der Waals surface area contributed by atoms with Crippen molar-refractivity contribution in [2.45, 2.75) is 13.2 Å². The molecule has 4 aromatic rings. The Morgan fingerprint density at radius 3 is 2.82 bits per heavy atom. The van der Waals surface area contributed by atoms with Crippen molar-refractivity contribution in [1.82, 2.24) is 24.7 Å². The fraction of sp³-hybridized carbons (Fsp3) is 0.238. The number of aliphatic hydroxyl groups is 1. The van der Waals surface area contributed by atoms with Gasteiger partial charge in [-0.15, -0.1) is 16.4 Å². The minimum Gasteiger partial charge on any atom is -0.477 e. The van der Waals surface area contributed by atoms with E-state index in [1.54, 1.807) is 47.5 Å². The van der Waals surface area contributed by atoms with Crippen LogP contribution in [0.1, 0.15) is 15.9 Å². The fourth-order valence-corrected chi connectivity index (χ4v) is 4.44. The molecule has 5 rings (SSSR count). The number of thiazole rings is 1. The number of aromatic carboxylic acids is 1. The van der Waals surface area contributed by atoms with Crippen LogP contribution in [0.5, 0.6) is 0 Å². The summed E-state index contributed by atoms with van der Waals surface area (Å²) in [7, 11) is 0. The average Bonchev–Trinajstić information content (AvgIpc) is 3.28. The van der Waals surface area contributed by atoms with E-state index in [0.717, 1.165) is 0 Å². The molecule has 1 fully saturated rings. The zero-order valence-corrected chi connectivity index (χ0v) is 18.2. The van der Waals surface area contributed by atoms with Gasteiger partial charge in [-0.05, 0) is 30.7 Å². The van der Waals surface area contributed by atoms with Gasteiger partial charge in [0, 0.05) is 43.0 Å². The maximum absolute atomic E-state index is 12.9. The molecule has 1 saturated heterocycles. The molecule has 0 saturated carbocycles. The zero-order valence-electron chi connectivity index (χ0n) is 17.4. The Hall–Kier alpha value is -3.90. The fourth-order valence-electron chi connectivity index (χ4n) is 3.82. The van der Waals surface area contributed by atoms with Crippen LogP contribution in [0, 0.1) is 12.8 Å². The van der Waals surface area contributed by atoms with Gasteiger partial charge in [0.15, 0.2) is 16.6 Å². The summed E-state index contributed by atoms with van der Waals surface area (Å²) in [5, 5.41) is 33.1. The van der Waals surface area contributed by atoms with Gasteiger partial charge in [0.1, 0.15) is 17.6 Å². The van der Waals surface area contributed by atoms with Crippen molar-refractivity contribution in [3.63, 3.8) is 0 Å². The Morgan fingerprint density at radius 1 is 1.33 bits per heavy atom. The van der Waals surface area contributed by atoms with Crippen LogP contribution < -0.4 is 15.6 Å². The molecular formula is C21H19N7O4S. The molecule has 0 spiro atoms. The van der Waals surface area contributed by atoms with Crippen LogP contribution in [0.4, 0.5) is 11.6 Å². The highest BCUT2D eigenvalue weighted by molar-refractivity contribution is 7.12. The number of aliphatic hydroxyl groups excluding tert-OH is 1. The number of hydrogen-bond donors (Lipinski definition) is 3. The van der Waals surface area contributed by atoms with E-state index in [0.29, 0.717) is 41.1 Å². The molecule has 168 valence electrons. The van der Waals surface area contributed by atoms with Crippen LogP contribution in [0.3, 0.4) is 0 Å². The maximum Gasteiger partial charge on any atom is 0.341 e. The molecule has 0 aliphatic carbocycles. The lowest BCUT2D eigenvalue weighted by atomic mass is 9.97. The molecular weight excluding hydrogens is 446 g/mol. The Kier molecular flexibility index (Phi) is 5.23. The summed E-state index contributed by atoms with van der Waals surface area (Å²) in [5.74, 6) is -0.230. The minimum atomic E-state index is -1.30. The second-order valence-electron chi connectivity index (χ2n) is 7.72. The topological polar surface area (TPSA) is 146 Å². The molecule has 5 heterocycles. The van der Waals surface area contributed by atoms with Crippen molar-refractivity contribution < 1.29 is 15.0 Å². The molecule has 1 aliphatic heterocycles. The van der Waals surface area contributed by atoms with Gasteiger partial charge in [0.2, 0.25) is 5.43 Å². The van der Waals surface area contributed by atoms with Gasteiger partial charge in [-0.1, -0.05) is 0 Å². The van der Waals surface area contributed by atoms with Gasteiger partial charge in [0.05, 0.1) is 5.39 Å². The molecule has 1 atom stereocenters. The quantitative estimate of drug-likeness (QED) is 0.358. The number of rotatable bonds is 6. The molecule has 33 heavy (non-hydrogen) atoms. The molecule has 1 aliphatic rings. The van der Waals surface area contributed by atoms with Gasteiger partial charge >= 0.3 is 5.97 Å². The number of carbonyl (C=O) groups is 1. The second kappa shape index (κ2) is 8.22. The Morgan fingerprint density at radius 2 is 2.15 bits per heavy atom. The van der Waals surface area contributed by atoms with Crippen molar-refractivity contribution in [1.29, 1.82) is 0 Å². The molecule has 0 radical (unpaired) electrons. The second-order valence-corrected chi connectivity index (χ2v) is 8.59. The Balaban J connectivity index is 1.47. The van der Waals surface area contributed by atoms with Crippen molar-refractivity contribution in [3.8, 4) is 5.13 Å². The first-order valence-corrected chi connectivity index (χ1v) is 11.0. The number of hydrogen-bond acceptors (Lipinski definition) is 10. The molecule has 0 amide bonds. The maximum atomic E-state index is 12.9. The number of nitrogens with one attached hydrogen (secondary N) is 1.